The lowest BCUT2D eigenvalue weighted by atomic mass is 10.1. The lowest BCUT2D eigenvalue weighted by Crippen LogP contribution is -2.14. The van der Waals surface area contributed by atoms with Crippen molar-refractivity contribution in [1.82, 2.24) is 14.8 Å². The Morgan fingerprint density at radius 3 is 2.74 bits per heavy atom. The van der Waals surface area contributed by atoms with Gasteiger partial charge in [-0.25, -0.2) is 0 Å². The van der Waals surface area contributed by atoms with E-state index < -0.39 is 6.10 Å². The molecule has 0 amide bonds. The first-order valence-corrected chi connectivity index (χ1v) is 6.31. The number of aliphatic hydroxyl groups is 1. The maximum Gasteiger partial charge on any atom is 0.162 e. The summed E-state index contributed by atoms with van der Waals surface area (Å²) in [6.07, 6.45) is 4.94. The Hall–Kier alpha value is -1.88. The highest BCUT2D eigenvalue weighted by molar-refractivity contribution is 5.29. The summed E-state index contributed by atoms with van der Waals surface area (Å²) >= 11 is 0. The highest BCUT2D eigenvalue weighted by Crippen LogP contribution is 2.29. The lowest BCUT2D eigenvalue weighted by molar-refractivity contribution is 0.160. The van der Waals surface area contributed by atoms with E-state index >= 15 is 0 Å². The van der Waals surface area contributed by atoms with Crippen LogP contribution in [-0.2, 0) is 6.42 Å². The number of rotatable bonds is 5. The van der Waals surface area contributed by atoms with Gasteiger partial charge in [-0.2, -0.15) is 5.10 Å². The van der Waals surface area contributed by atoms with Gasteiger partial charge in [0.1, 0.15) is 11.8 Å². The molecule has 2 heterocycles. The Morgan fingerprint density at radius 1 is 1.37 bits per heavy atom. The number of methoxy groups -OCH3 is 1. The second-order valence-electron chi connectivity index (χ2n) is 4.72. The molecule has 0 spiro atoms. The summed E-state index contributed by atoms with van der Waals surface area (Å²) in [7, 11) is 1.59. The van der Waals surface area contributed by atoms with E-state index in [-0.39, 0.29) is 6.04 Å². The Kier molecular flexibility index (Phi) is 4.16. The largest absolute Gasteiger partial charge is 0.493 e. The van der Waals surface area contributed by atoms with Gasteiger partial charge in [-0.05, 0) is 25.5 Å². The first kappa shape index (κ1) is 13.5. The fourth-order valence-electron chi connectivity index (χ4n) is 2.08. The van der Waals surface area contributed by atoms with Gasteiger partial charge >= 0.3 is 0 Å². The van der Waals surface area contributed by atoms with Crippen LogP contribution in [0.3, 0.4) is 0 Å². The van der Waals surface area contributed by atoms with E-state index in [4.69, 9.17) is 4.74 Å². The molecule has 1 atom stereocenters. The molecule has 102 valence electrons. The Morgan fingerprint density at radius 2 is 2.16 bits per heavy atom. The van der Waals surface area contributed by atoms with Gasteiger partial charge in [0.25, 0.3) is 0 Å². The molecule has 5 nitrogen and oxygen atoms in total. The van der Waals surface area contributed by atoms with Crippen LogP contribution in [0.25, 0.3) is 0 Å². The molecule has 2 rings (SSSR count). The number of aromatic nitrogens is 3. The molecule has 2 aromatic heterocycles. The first-order chi connectivity index (χ1) is 9.13. The fraction of sp³-hybridized carbons (Fsp3) is 0.429. The minimum absolute atomic E-state index is 0.169. The van der Waals surface area contributed by atoms with Crippen LogP contribution < -0.4 is 4.74 Å². The van der Waals surface area contributed by atoms with Crippen molar-refractivity contribution in [3.63, 3.8) is 0 Å². The van der Waals surface area contributed by atoms with Gasteiger partial charge in [0, 0.05) is 24.9 Å². The first-order valence-electron chi connectivity index (χ1n) is 6.31. The smallest absolute Gasteiger partial charge is 0.162 e. The lowest BCUT2D eigenvalue weighted by Gasteiger charge is -2.17. The predicted octanol–water partition coefficient (Wildman–Crippen LogP) is 2.14. The van der Waals surface area contributed by atoms with Crippen LogP contribution in [-0.4, -0.2) is 27.0 Å². The van der Waals surface area contributed by atoms with E-state index in [0.29, 0.717) is 17.9 Å². The van der Waals surface area contributed by atoms with Crippen LogP contribution in [0.15, 0.2) is 30.7 Å². The summed E-state index contributed by atoms with van der Waals surface area (Å²) in [6.45, 7) is 4.04. The van der Waals surface area contributed by atoms with E-state index in [1.807, 2.05) is 26.0 Å². The summed E-state index contributed by atoms with van der Waals surface area (Å²) in [5.41, 5.74) is 1.69. The zero-order valence-electron chi connectivity index (χ0n) is 11.4. The molecule has 0 aromatic carbocycles. The maximum absolute atomic E-state index is 10.4. The number of hydrogen-bond donors (Lipinski definition) is 1. The molecule has 5 heteroatoms. The topological polar surface area (TPSA) is 60.2 Å². The maximum atomic E-state index is 10.4. The SMILES string of the molecule is COc1cnn(C(C)C)c1C(O)Cc1cccnc1. The minimum atomic E-state index is -0.663. The van der Waals surface area contributed by atoms with Gasteiger partial charge in [0.15, 0.2) is 5.75 Å². The molecule has 0 saturated carbocycles. The predicted molar refractivity (Wildman–Crippen MR) is 72.1 cm³/mol. The number of pyridine rings is 1. The molecular formula is C14H19N3O2. The molecule has 0 saturated heterocycles. The fourth-order valence-corrected chi connectivity index (χ4v) is 2.08. The van der Waals surface area contributed by atoms with Crippen LogP contribution in [0.4, 0.5) is 0 Å². The number of hydrogen-bond acceptors (Lipinski definition) is 4. The van der Waals surface area contributed by atoms with E-state index in [1.165, 1.54) is 0 Å². The standard InChI is InChI=1S/C14H19N3O2/c1-10(2)17-14(13(19-3)9-16-17)12(18)7-11-5-4-6-15-8-11/h4-6,8-10,12,18H,7H2,1-3H3. The van der Waals surface area contributed by atoms with Crippen molar-refractivity contribution in [2.24, 2.45) is 0 Å². The molecule has 0 bridgehead atoms. The normalized spacial score (nSPS) is 12.7. The molecule has 2 aromatic rings. The molecular weight excluding hydrogens is 242 g/mol. The molecule has 19 heavy (non-hydrogen) atoms. The molecule has 1 N–H and O–H groups in total. The third-order valence-electron chi connectivity index (χ3n) is 2.98. The summed E-state index contributed by atoms with van der Waals surface area (Å²) in [4.78, 5) is 4.05. The van der Waals surface area contributed by atoms with Crippen molar-refractivity contribution in [2.45, 2.75) is 32.4 Å². The average molecular weight is 261 g/mol. The van der Waals surface area contributed by atoms with Gasteiger partial charge in [-0.3, -0.25) is 9.67 Å². The third kappa shape index (κ3) is 2.93. The van der Waals surface area contributed by atoms with Crippen molar-refractivity contribution in [3.05, 3.63) is 42.0 Å². The summed E-state index contributed by atoms with van der Waals surface area (Å²) in [5.74, 6) is 0.616. The van der Waals surface area contributed by atoms with Crippen molar-refractivity contribution < 1.29 is 9.84 Å². The zero-order valence-corrected chi connectivity index (χ0v) is 11.4. The average Bonchev–Trinajstić information content (AvgIpc) is 2.83. The number of ether oxygens (including phenoxy) is 1. The molecule has 1 unspecified atom stereocenters. The monoisotopic (exact) mass is 261 g/mol. The number of aliphatic hydroxyl groups excluding tert-OH is 1. The number of nitrogens with zero attached hydrogens (tertiary/aromatic N) is 3. The minimum Gasteiger partial charge on any atom is -0.493 e. The van der Waals surface area contributed by atoms with E-state index in [1.54, 1.807) is 30.4 Å². The van der Waals surface area contributed by atoms with Crippen LogP contribution in [0.2, 0.25) is 0 Å². The molecule has 0 aliphatic carbocycles. The van der Waals surface area contributed by atoms with Crippen LogP contribution in [0, 0.1) is 0 Å². The highest BCUT2D eigenvalue weighted by Gasteiger charge is 2.21. The van der Waals surface area contributed by atoms with Gasteiger partial charge < -0.3 is 9.84 Å². The Bertz CT molecular complexity index is 523. The van der Waals surface area contributed by atoms with Crippen molar-refractivity contribution in [1.29, 1.82) is 0 Å². The summed E-state index contributed by atoms with van der Waals surface area (Å²) in [6, 6.07) is 3.97. The zero-order chi connectivity index (χ0) is 13.8. The quantitative estimate of drug-likeness (QED) is 0.895. The Labute approximate surface area is 112 Å². The Balaban J connectivity index is 2.27. The molecule has 0 fully saturated rings. The van der Waals surface area contributed by atoms with Crippen LogP contribution >= 0.6 is 0 Å². The molecule has 0 aliphatic rings. The summed E-state index contributed by atoms with van der Waals surface area (Å²) < 4.78 is 7.07. The molecule has 0 aliphatic heterocycles. The van der Waals surface area contributed by atoms with E-state index in [9.17, 15) is 5.11 Å². The van der Waals surface area contributed by atoms with Crippen LogP contribution in [0.1, 0.15) is 37.3 Å². The second-order valence-corrected chi connectivity index (χ2v) is 4.72. The molecule has 0 radical (unpaired) electrons. The van der Waals surface area contributed by atoms with Gasteiger partial charge in [-0.1, -0.05) is 6.07 Å². The van der Waals surface area contributed by atoms with Crippen molar-refractivity contribution in [2.75, 3.05) is 7.11 Å². The van der Waals surface area contributed by atoms with E-state index in [0.717, 1.165) is 5.56 Å². The third-order valence-corrected chi connectivity index (χ3v) is 2.98. The van der Waals surface area contributed by atoms with Crippen molar-refractivity contribution >= 4 is 0 Å². The van der Waals surface area contributed by atoms with Gasteiger partial charge in [0.2, 0.25) is 0 Å². The van der Waals surface area contributed by atoms with Gasteiger partial charge in [0.05, 0.1) is 13.3 Å². The van der Waals surface area contributed by atoms with Gasteiger partial charge in [-0.15, -0.1) is 0 Å². The summed E-state index contributed by atoms with van der Waals surface area (Å²) in [5, 5.41) is 14.7. The highest BCUT2D eigenvalue weighted by atomic mass is 16.5. The van der Waals surface area contributed by atoms with Crippen LogP contribution in [0.5, 0.6) is 5.75 Å². The van der Waals surface area contributed by atoms with Crippen molar-refractivity contribution in [3.8, 4) is 5.75 Å². The second kappa shape index (κ2) is 5.84. The van der Waals surface area contributed by atoms with E-state index in [2.05, 4.69) is 10.1 Å².